The van der Waals surface area contributed by atoms with E-state index in [4.69, 9.17) is 5.26 Å². The fraction of sp³-hybridized carbons (Fsp3) is 0.286. The highest BCUT2D eigenvalue weighted by molar-refractivity contribution is 7.89. The Morgan fingerprint density at radius 1 is 1.33 bits per heavy atom. The van der Waals surface area contributed by atoms with Gasteiger partial charge in [0.15, 0.2) is 0 Å². The third kappa shape index (κ3) is 3.47. The van der Waals surface area contributed by atoms with Gasteiger partial charge in [-0.15, -0.1) is 11.3 Å². The minimum absolute atomic E-state index is 0.176. The van der Waals surface area contributed by atoms with Gasteiger partial charge in [-0.3, -0.25) is 0 Å². The summed E-state index contributed by atoms with van der Waals surface area (Å²) in [4.78, 5) is 4.55. The average molecular weight is 321 g/mol. The van der Waals surface area contributed by atoms with Crippen LogP contribution < -0.4 is 0 Å². The summed E-state index contributed by atoms with van der Waals surface area (Å²) in [5.41, 5.74) is 1.18. The first-order chi connectivity index (χ1) is 9.97. The van der Waals surface area contributed by atoms with Gasteiger partial charge in [0, 0.05) is 12.4 Å². The molecule has 0 atom stereocenters. The standard InChI is InChI=1S/C14H15N3O2S2/c1-3-14-16-12(10-20-14)9-17(2)21(18,19)13-6-4-11(8-15)5-7-13/h4-7,10H,3,9H2,1-2H3. The maximum Gasteiger partial charge on any atom is 0.243 e. The molecule has 0 unspecified atom stereocenters. The number of aryl methyl sites for hydroxylation is 1. The molecular weight excluding hydrogens is 306 g/mol. The van der Waals surface area contributed by atoms with E-state index < -0.39 is 10.0 Å². The van der Waals surface area contributed by atoms with Crippen LogP contribution in [0, 0.1) is 11.3 Å². The lowest BCUT2D eigenvalue weighted by atomic mass is 10.2. The lowest BCUT2D eigenvalue weighted by Gasteiger charge is -2.16. The van der Waals surface area contributed by atoms with Gasteiger partial charge < -0.3 is 0 Å². The Labute approximate surface area is 128 Å². The Bertz CT molecular complexity index is 758. The Morgan fingerprint density at radius 3 is 2.52 bits per heavy atom. The summed E-state index contributed by atoms with van der Waals surface area (Å²) in [7, 11) is -2.04. The second-order valence-electron chi connectivity index (χ2n) is 4.48. The average Bonchev–Trinajstić information content (AvgIpc) is 2.95. The molecule has 0 aliphatic rings. The van der Waals surface area contributed by atoms with Crippen molar-refractivity contribution in [1.82, 2.24) is 9.29 Å². The number of nitrogens with zero attached hydrogens (tertiary/aromatic N) is 3. The van der Waals surface area contributed by atoms with E-state index in [1.807, 2.05) is 18.4 Å². The van der Waals surface area contributed by atoms with Crippen LogP contribution in [-0.4, -0.2) is 24.8 Å². The minimum Gasteiger partial charge on any atom is -0.245 e. The maximum absolute atomic E-state index is 12.4. The van der Waals surface area contributed by atoms with Gasteiger partial charge in [-0.1, -0.05) is 6.92 Å². The van der Waals surface area contributed by atoms with Crippen molar-refractivity contribution in [2.24, 2.45) is 0 Å². The van der Waals surface area contributed by atoms with Crippen molar-refractivity contribution in [3.8, 4) is 6.07 Å². The molecule has 2 rings (SSSR count). The summed E-state index contributed by atoms with van der Waals surface area (Å²) in [6.45, 7) is 2.25. The van der Waals surface area contributed by atoms with E-state index >= 15 is 0 Å². The monoisotopic (exact) mass is 321 g/mol. The number of hydrogen-bond donors (Lipinski definition) is 0. The van der Waals surface area contributed by atoms with Gasteiger partial charge in [0.2, 0.25) is 10.0 Å². The van der Waals surface area contributed by atoms with Crippen molar-refractivity contribution in [3.63, 3.8) is 0 Å². The van der Waals surface area contributed by atoms with Crippen LogP contribution in [0.2, 0.25) is 0 Å². The van der Waals surface area contributed by atoms with Gasteiger partial charge in [-0.25, -0.2) is 13.4 Å². The lowest BCUT2D eigenvalue weighted by molar-refractivity contribution is 0.462. The SMILES string of the molecule is CCc1nc(CN(C)S(=O)(=O)c2ccc(C#N)cc2)cs1. The molecular formula is C14H15N3O2S2. The molecule has 5 nitrogen and oxygen atoms in total. The molecule has 21 heavy (non-hydrogen) atoms. The summed E-state index contributed by atoms with van der Waals surface area (Å²) < 4.78 is 26.1. The molecule has 0 N–H and O–H groups in total. The van der Waals surface area contributed by atoms with Gasteiger partial charge in [0.25, 0.3) is 0 Å². The van der Waals surface area contributed by atoms with Crippen LogP contribution in [0.3, 0.4) is 0 Å². The van der Waals surface area contributed by atoms with Crippen molar-refractivity contribution in [1.29, 1.82) is 5.26 Å². The molecule has 1 aromatic heterocycles. The zero-order valence-corrected chi connectivity index (χ0v) is 13.4. The molecule has 0 radical (unpaired) electrons. The highest BCUT2D eigenvalue weighted by Gasteiger charge is 2.21. The number of benzene rings is 1. The Morgan fingerprint density at radius 2 is 2.00 bits per heavy atom. The fourth-order valence-corrected chi connectivity index (χ4v) is 3.66. The predicted octanol–water partition coefficient (Wildman–Crippen LogP) is 2.40. The summed E-state index contributed by atoms with van der Waals surface area (Å²) in [6.07, 6.45) is 0.844. The van der Waals surface area contributed by atoms with Gasteiger partial charge in [0.1, 0.15) is 0 Å². The van der Waals surface area contributed by atoms with Crippen molar-refractivity contribution in [2.45, 2.75) is 24.8 Å². The number of sulfonamides is 1. The fourth-order valence-electron chi connectivity index (χ4n) is 1.78. The van der Waals surface area contributed by atoms with Crippen LogP contribution in [0.25, 0.3) is 0 Å². The highest BCUT2D eigenvalue weighted by atomic mass is 32.2. The van der Waals surface area contributed by atoms with Crippen LogP contribution >= 0.6 is 11.3 Å². The molecule has 0 amide bonds. The van der Waals surface area contributed by atoms with E-state index in [-0.39, 0.29) is 11.4 Å². The third-order valence-corrected chi connectivity index (χ3v) is 5.84. The van der Waals surface area contributed by atoms with Crippen LogP contribution in [-0.2, 0) is 23.0 Å². The topological polar surface area (TPSA) is 74.1 Å². The second-order valence-corrected chi connectivity index (χ2v) is 7.47. The molecule has 0 aliphatic heterocycles. The van der Waals surface area contributed by atoms with Crippen molar-refractivity contribution in [2.75, 3.05) is 7.05 Å². The molecule has 0 bridgehead atoms. The van der Waals surface area contributed by atoms with Crippen molar-refractivity contribution >= 4 is 21.4 Å². The van der Waals surface area contributed by atoms with Gasteiger partial charge in [-0.05, 0) is 30.7 Å². The maximum atomic E-state index is 12.4. The molecule has 7 heteroatoms. The van der Waals surface area contributed by atoms with Gasteiger partial charge >= 0.3 is 0 Å². The Balaban J connectivity index is 2.19. The third-order valence-electron chi connectivity index (χ3n) is 2.98. The van der Waals surface area contributed by atoms with E-state index in [1.54, 1.807) is 0 Å². The molecule has 0 fully saturated rings. The molecule has 110 valence electrons. The van der Waals surface area contributed by atoms with Gasteiger partial charge in [0.05, 0.1) is 33.8 Å². The normalized spacial score (nSPS) is 11.5. The summed E-state index contributed by atoms with van der Waals surface area (Å²) >= 11 is 1.53. The predicted molar refractivity (Wildman–Crippen MR) is 81.3 cm³/mol. The first kappa shape index (κ1) is 15.6. The number of rotatable bonds is 5. The molecule has 2 aromatic rings. The molecule has 0 saturated carbocycles. The van der Waals surface area contributed by atoms with E-state index in [9.17, 15) is 8.42 Å². The molecule has 0 aliphatic carbocycles. The number of nitriles is 1. The zero-order valence-electron chi connectivity index (χ0n) is 11.8. The summed E-state index contributed by atoms with van der Waals surface area (Å²) in [5.74, 6) is 0. The van der Waals surface area contributed by atoms with E-state index in [1.165, 1.54) is 47.0 Å². The quantitative estimate of drug-likeness (QED) is 0.847. The first-order valence-electron chi connectivity index (χ1n) is 6.37. The van der Waals surface area contributed by atoms with Crippen molar-refractivity contribution in [3.05, 3.63) is 45.9 Å². The molecule has 1 aromatic carbocycles. The highest BCUT2D eigenvalue weighted by Crippen LogP contribution is 2.18. The van der Waals surface area contributed by atoms with Crippen LogP contribution in [0.1, 0.15) is 23.2 Å². The number of hydrogen-bond acceptors (Lipinski definition) is 5. The van der Waals surface area contributed by atoms with Crippen LogP contribution in [0.15, 0.2) is 34.5 Å². The minimum atomic E-state index is -3.57. The number of thiazole rings is 1. The molecule has 1 heterocycles. The van der Waals surface area contributed by atoms with Crippen LogP contribution in [0.4, 0.5) is 0 Å². The Kier molecular flexibility index (Phi) is 4.73. The van der Waals surface area contributed by atoms with Crippen LogP contribution in [0.5, 0.6) is 0 Å². The summed E-state index contributed by atoms with van der Waals surface area (Å²) in [6, 6.07) is 7.86. The van der Waals surface area contributed by atoms with E-state index in [0.29, 0.717) is 5.56 Å². The number of aromatic nitrogens is 1. The van der Waals surface area contributed by atoms with E-state index in [0.717, 1.165) is 17.1 Å². The smallest absolute Gasteiger partial charge is 0.243 e. The molecule has 0 spiro atoms. The Hall–Kier alpha value is -1.75. The first-order valence-corrected chi connectivity index (χ1v) is 8.69. The van der Waals surface area contributed by atoms with E-state index in [2.05, 4.69) is 4.98 Å². The molecule has 0 saturated heterocycles. The zero-order chi connectivity index (χ0) is 15.5. The summed E-state index contributed by atoms with van der Waals surface area (Å²) in [5, 5.41) is 11.6. The largest absolute Gasteiger partial charge is 0.245 e. The lowest BCUT2D eigenvalue weighted by Crippen LogP contribution is -2.26. The van der Waals surface area contributed by atoms with Crippen molar-refractivity contribution < 1.29 is 8.42 Å². The second kappa shape index (κ2) is 6.35. The van der Waals surface area contributed by atoms with Gasteiger partial charge in [-0.2, -0.15) is 9.57 Å².